The molecule has 4 aromatic rings. The Bertz CT molecular complexity index is 1270. The lowest BCUT2D eigenvalue weighted by atomic mass is 10.1. The zero-order valence-corrected chi connectivity index (χ0v) is 17.6. The van der Waals surface area contributed by atoms with Crippen molar-refractivity contribution in [2.45, 2.75) is 13.5 Å². The SMILES string of the molecule is CCOC(=O)c1ccsc1NC(=O)Cn1cnc2scc(-c3ccccc3)c2c1=O. The molecule has 3 heterocycles. The lowest BCUT2D eigenvalue weighted by molar-refractivity contribution is -0.116. The minimum absolute atomic E-state index is 0.216. The molecule has 1 amide bonds. The van der Waals surface area contributed by atoms with Crippen molar-refractivity contribution in [2.24, 2.45) is 0 Å². The molecule has 0 unspecified atom stereocenters. The van der Waals surface area contributed by atoms with E-state index in [1.165, 1.54) is 33.6 Å². The molecular formula is C21H17N3O4S2. The second-order valence-corrected chi connectivity index (χ2v) is 8.08. The van der Waals surface area contributed by atoms with E-state index in [1.807, 2.05) is 35.7 Å². The molecule has 0 saturated carbocycles. The van der Waals surface area contributed by atoms with E-state index in [2.05, 4.69) is 10.3 Å². The van der Waals surface area contributed by atoms with E-state index < -0.39 is 11.9 Å². The number of hydrogen-bond donors (Lipinski definition) is 1. The average Bonchev–Trinajstić information content (AvgIpc) is 3.38. The van der Waals surface area contributed by atoms with Crippen LogP contribution in [0.1, 0.15) is 17.3 Å². The topological polar surface area (TPSA) is 90.3 Å². The standard InChI is InChI=1S/C21H17N3O4S2/c1-2-28-21(27)14-8-9-29-18(14)23-16(25)10-24-12-22-19-17(20(24)26)15(11-30-19)13-6-4-3-5-7-13/h3-9,11-12H,2,10H2,1H3,(H,23,25). The minimum atomic E-state index is -0.500. The first-order valence-electron chi connectivity index (χ1n) is 9.15. The summed E-state index contributed by atoms with van der Waals surface area (Å²) in [6.45, 7) is 1.74. The van der Waals surface area contributed by atoms with Gasteiger partial charge in [-0.3, -0.25) is 14.2 Å². The van der Waals surface area contributed by atoms with Gasteiger partial charge in [-0.1, -0.05) is 30.3 Å². The number of ether oxygens (including phenoxy) is 1. The smallest absolute Gasteiger partial charge is 0.341 e. The molecule has 152 valence electrons. The van der Waals surface area contributed by atoms with Crippen molar-refractivity contribution >= 4 is 49.8 Å². The second-order valence-electron chi connectivity index (χ2n) is 6.31. The summed E-state index contributed by atoms with van der Waals surface area (Å²) in [5.41, 5.74) is 1.72. The summed E-state index contributed by atoms with van der Waals surface area (Å²) >= 11 is 2.61. The van der Waals surface area contributed by atoms with E-state index in [0.717, 1.165) is 11.1 Å². The van der Waals surface area contributed by atoms with E-state index in [-0.39, 0.29) is 18.7 Å². The quantitative estimate of drug-likeness (QED) is 0.459. The number of rotatable bonds is 6. The van der Waals surface area contributed by atoms with Gasteiger partial charge in [0, 0.05) is 10.9 Å². The van der Waals surface area contributed by atoms with Gasteiger partial charge in [-0.15, -0.1) is 22.7 Å². The van der Waals surface area contributed by atoms with Crippen molar-refractivity contribution in [1.29, 1.82) is 0 Å². The van der Waals surface area contributed by atoms with Gasteiger partial charge >= 0.3 is 5.97 Å². The third-order valence-electron chi connectivity index (χ3n) is 4.37. The summed E-state index contributed by atoms with van der Waals surface area (Å²) in [4.78, 5) is 42.6. The van der Waals surface area contributed by atoms with Crippen LogP contribution in [0.25, 0.3) is 21.3 Å². The molecular weight excluding hydrogens is 422 g/mol. The van der Waals surface area contributed by atoms with Crippen LogP contribution >= 0.6 is 22.7 Å². The van der Waals surface area contributed by atoms with Crippen LogP contribution in [0.2, 0.25) is 0 Å². The Labute approximate surface area is 179 Å². The normalized spacial score (nSPS) is 10.8. The van der Waals surface area contributed by atoms with Crippen LogP contribution in [0, 0.1) is 0 Å². The summed E-state index contributed by atoms with van der Waals surface area (Å²) in [5.74, 6) is -0.928. The fourth-order valence-electron chi connectivity index (χ4n) is 3.01. The van der Waals surface area contributed by atoms with Crippen molar-refractivity contribution in [1.82, 2.24) is 9.55 Å². The maximum atomic E-state index is 13.1. The number of esters is 1. The Morgan fingerprint density at radius 1 is 1.17 bits per heavy atom. The van der Waals surface area contributed by atoms with Gasteiger partial charge in [0.2, 0.25) is 5.91 Å². The molecule has 4 rings (SSSR count). The molecule has 0 aliphatic rings. The van der Waals surface area contributed by atoms with Gasteiger partial charge < -0.3 is 10.1 Å². The van der Waals surface area contributed by atoms with Gasteiger partial charge in [-0.05, 0) is 23.9 Å². The third-order valence-corrected chi connectivity index (χ3v) is 6.09. The van der Waals surface area contributed by atoms with E-state index in [9.17, 15) is 14.4 Å². The van der Waals surface area contributed by atoms with Crippen LogP contribution < -0.4 is 10.9 Å². The van der Waals surface area contributed by atoms with Crippen molar-refractivity contribution in [2.75, 3.05) is 11.9 Å². The fraction of sp³-hybridized carbons (Fsp3) is 0.143. The second kappa shape index (κ2) is 8.60. The Morgan fingerprint density at radius 2 is 1.97 bits per heavy atom. The number of hydrogen-bond acceptors (Lipinski definition) is 7. The van der Waals surface area contributed by atoms with Crippen LogP contribution in [0.15, 0.2) is 58.3 Å². The Morgan fingerprint density at radius 3 is 2.73 bits per heavy atom. The zero-order chi connectivity index (χ0) is 21.1. The molecule has 0 saturated heterocycles. The van der Waals surface area contributed by atoms with Crippen LogP contribution in [0.4, 0.5) is 5.00 Å². The largest absolute Gasteiger partial charge is 0.462 e. The minimum Gasteiger partial charge on any atom is -0.462 e. The van der Waals surface area contributed by atoms with Crippen LogP contribution in [0.3, 0.4) is 0 Å². The lowest BCUT2D eigenvalue weighted by Gasteiger charge is -2.08. The molecule has 1 N–H and O–H groups in total. The number of nitrogens with zero attached hydrogens (tertiary/aromatic N) is 2. The molecule has 0 atom stereocenters. The summed E-state index contributed by atoms with van der Waals surface area (Å²) in [6.07, 6.45) is 1.37. The monoisotopic (exact) mass is 439 g/mol. The highest BCUT2D eigenvalue weighted by Crippen LogP contribution is 2.30. The number of amides is 1. The molecule has 0 bridgehead atoms. The molecule has 0 aliphatic heterocycles. The first kappa shape index (κ1) is 20.0. The van der Waals surface area contributed by atoms with E-state index >= 15 is 0 Å². The van der Waals surface area contributed by atoms with Crippen LogP contribution in [-0.2, 0) is 16.1 Å². The fourth-order valence-corrected chi connectivity index (χ4v) is 4.70. The van der Waals surface area contributed by atoms with Crippen molar-refractivity contribution in [3.63, 3.8) is 0 Å². The van der Waals surface area contributed by atoms with Gasteiger partial charge in [0.1, 0.15) is 16.4 Å². The van der Waals surface area contributed by atoms with E-state index in [1.54, 1.807) is 18.4 Å². The molecule has 0 aliphatic carbocycles. The number of benzene rings is 1. The molecule has 1 aromatic carbocycles. The number of carbonyl (C=O) groups is 2. The lowest BCUT2D eigenvalue weighted by Crippen LogP contribution is -2.28. The molecule has 30 heavy (non-hydrogen) atoms. The highest BCUT2D eigenvalue weighted by molar-refractivity contribution is 7.17. The highest BCUT2D eigenvalue weighted by atomic mass is 32.1. The number of nitrogens with one attached hydrogen (secondary N) is 1. The van der Waals surface area contributed by atoms with Gasteiger partial charge in [0.15, 0.2) is 0 Å². The number of aromatic nitrogens is 2. The van der Waals surface area contributed by atoms with Gasteiger partial charge in [-0.2, -0.15) is 0 Å². The predicted octanol–water partition coefficient (Wildman–Crippen LogP) is 4.00. The van der Waals surface area contributed by atoms with E-state index in [0.29, 0.717) is 20.8 Å². The molecule has 0 radical (unpaired) electrons. The Kier molecular flexibility index (Phi) is 5.73. The maximum Gasteiger partial charge on any atom is 0.341 e. The Hall–Kier alpha value is -3.30. The first-order valence-corrected chi connectivity index (χ1v) is 10.9. The van der Waals surface area contributed by atoms with Gasteiger partial charge in [0.05, 0.1) is 23.9 Å². The molecule has 0 fully saturated rings. The molecule has 9 heteroatoms. The van der Waals surface area contributed by atoms with Crippen molar-refractivity contribution < 1.29 is 14.3 Å². The van der Waals surface area contributed by atoms with Gasteiger partial charge in [0.25, 0.3) is 5.56 Å². The highest BCUT2D eigenvalue weighted by Gasteiger charge is 2.18. The molecule has 7 nitrogen and oxygen atoms in total. The number of anilines is 1. The van der Waals surface area contributed by atoms with Crippen LogP contribution in [0.5, 0.6) is 0 Å². The number of fused-ring (bicyclic) bond motifs is 1. The summed E-state index contributed by atoms with van der Waals surface area (Å²) < 4.78 is 6.27. The number of carbonyl (C=O) groups excluding carboxylic acids is 2. The average molecular weight is 440 g/mol. The van der Waals surface area contributed by atoms with E-state index in [4.69, 9.17) is 4.74 Å². The van der Waals surface area contributed by atoms with Gasteiger partial charge in [-0.25, -0.2) is 9.78 Å². The van der Waals surface area contributed by atoms with Crippen molar-refractivity contribution in [3.8, 4) is 11.1 Å². The summed E-state index contributed by atoms with van der Waals surface area (Å²) in [5, 5.41) is 7.16. The predicted molar refractivity (Wildman–Crippen MR) is 118 cm³/mol. The molecule has 3 aromatic heterocycles. The summed E-state index contributed by atoms with van der Waals surface area (Å²) in [6, 6.07) is 11.2. The molecule has 0 spiro atoms. The first-order chi connectivity index (χ1) is 14.6. The Balaban J connectivity index is 1.60. The van der Waals surface area contributed by atoms with Crippen molar-refractivity contribution in [3.05, 3.63) is 69.4 Å². The maximum absolute atomic E-state index is 13.1. The number of thiophene rings is 2. The van der Waals surface area contributed by atoms with Crippen LogP contribution in [-0.4, -0.2) is 28.0 Å². The zero-order valence-electron chi connectivity index (χ0n) is 16.0. The third kappa shape index (κ3) is 3.89. The summed E-state index contributed by atoms with van der Waals surface area (Å²) in [7, 11) is 0.